The van der Waals surface area contributed by atoms with Crippen molar-refractivity contribution in [3.8, 4) is 0 Å². The highest BCUT2D eigenvalue weighted by Crippen LogP contribution is 2.38. The van der Waals surface area contributed by atoms with Crippen molar-refractivity contribution in [2.24, 2.45) is 0 Å². The molecule has 0 fully saturated rings. The Morgan fingerprint density at radius 3 is 2.71 bits per heavy atom. The average molecular weight is 377 g/mol. The Labute approximate surface area is 166 Å². The van der Waals surface area contributed by atoms with Crippen molar-refractivity contribution in [2.45, 2.75) is 44.7 Å². The van der Waals surface area contributed by atoms with E-state index in [-0.39, 0.29) is 24.4 Å². The lowest BCUT2D eigenvalue weighted by Crippen LogP contribution is -2.60. The Bertz CT molecular complexity index is 922. The molecule has 0 spiro atoms. The van der Waals surface area contributed by atoms with Crippen molar-refractivity contribution in [1.29, 1.82) is 0 Å². The Balaban J connectivity index is 1.61. The molecular weight excluding hydrogens is 350 g/mol. The van der Waals surface area contributed by atoms with E-state index in [1.807, 2.05) is 31.3 Å². The Morgan fingerprint density at radius 1 is 1.18 bits per heavy atom. The predicted octanol–water partition coefficient (Wildman–Crippen LogP) is 3.76. The van der Waals surface area contributed by atoms with Gasteiger partial charge in [0.2, 0.25) is 11.8 Å². The van der Waals surface area contributed by atoms with Gasteiger partial charge in [-0.3, -0.25) is 19.4 Å². The first kappa shape index (κ1) is 18.7. The zero-order valence-corrected chi connectivity index (χ0v) is 16.7. The first-order valence-corrected chi connectivity index (χ1v) is 9.91. The third-order valence-electron chi connectivity index (χ3n) is 6.01. The molecule has 0 unspecified atom stereocenters. The first-order chi connectivity index (χ1) is 13.4. The molecule has 1 aliphatic carbocycles. The molecule has 0 aromatic heterocycles. The van der Waals surface area contributed by atoms with Crippen LogP contribution < -0.4 is 10.2 Å². The number of rotatable bonds is 3. The molecule has 0 radical (unpaired) electrons. The zero-order chi connectivity index (χ0) is 19.9. The van der Waals surface area contributed by atoms with Crippen LogP contribution in [0.4, 0.5) is 11.4 Å². The van der Waals surface area contributed by atoms with Crippen LogP contribution in [-0.2, 0) is 16.0 Å². The number of carbonyl (C=O) groups is 2. The van der Waals surface area contributed by atoms with Crippen molar-refractivity contribution in [3.63, 3.8) is 0 Å². The van der Waals surface area contributed by atoms with Crippen LogP contribution in [0.5, 0.6) is 0 Å². The minimum absolute atomic E-state index is 0.0575. The summed E-state index contributed by atoms with van der Waals surface area (Å²) in [5, 5.41) is 2.92. The molecular formula is C23H27N3O2. The van der Waals surface area contributed by atoms with Gasteiger partial charge >= 0.3 is 0 Å². The summed E-state index contributed by atoms with van der Waals surface area (Å²) in [4.78, 5) is 29.8. The van der Waals surface area contributed by atoms with E-state index < -0.39 is 5.54 Å². The lowest BCUT2D eigenvalue weighted by Gasteiger charge is -2.43. The molecule has 0 saturated heterocycles. The molecule has 5 heteroatoms. The van der Waals surface area contributed by atoms with Crippen LogP contribution in [0.15, 0.2) is 48.5 Å². The maximum absolute atomic E-state index is 13.4. The van der Waals surface area contributed by atoms with Crippen molar-refractivity contribution < 1.29 is 9.59 Å². The smallest absolute Gasteiger partial charge is 0.250 e. The second-order valence-electron chi connectivity index (χ2n) is 8.28. The van der Waals surface area contributed by atoms with E-state index in [4.69, 9.17) is 0 Å². The highest BCUT2D eigenvalue weighted by atomic mass is 16.2. The molecule has 2 amide bonds. The molecule has 5 nitrogen and oxygen atoms in total. The van der Waals surface area contributed by atoms with Gasteiger partial charge in [-0.1, -0.05) is 36.4 Å². The fourth-order valence-corrected chi connectivity index (χ4v) is 4.48. The summed E-state index contributed by atoms with van der Waals surface area (Å²) in [6.07, 6.45) is 3.27. The second kappa shape index (κ2) is 7.06. The largest absolute Gasteiger partial charge is 0.322 e. The van der Waals surface area contributed by atoms with Gasteiger partial charge in [-0.05, 0) is 63.4 Å². The van der Waals surface area contributed by atoms with Crippen LogP contribution >= 0.6 is 0 Å². The van der Waals surface area contributed by atoms with E-state index in [0.29, 0.717) is 5.69 Å². The number of nitrogens with zero attached hydrogens (tertiary/aromatic N) is 2. The number of fused-ring (bicyclic) bond motifs is 2. The van der Waals surface area contributed by atoms with E-state index in [1.54, 1.807) is 18.7 Å². The highest BCUT2D eigenvalue weighted by Gasteiger charge is 2.43. The predicted molar refractivity (Wildman–Crippen MR) is 111 cm³/mol. The van der Waals surface area contributed by atoms with Gasteiger partial charge in [-0.15, -0.1) is 0 Å². The minimum atomic E-state index is -0.934. The fourth-order valence-electron chi connectivity index (χ4n) is 4.48. The third-order valence-corrected chi connectivity index (χ3v) is 6.01. The number of hydrogen-bond donors (Lipinski definition) is 1. The molecule has 1 N–H and O–H groups in total. The van der Waals surface area contributed by atoms with Gasteiger partial charge in [-0.25, -0.2) is 0 Å². The van der Waals surface area contributed by atoms with Crippen LogP contribution in [0.2, 0.25) is 0 Å². The SMILES string of the molecule is CN(CC(=O)N1c2ccccc2NC(=O)C1(C)C)[C@@H]1CCCc2ccccc21. The number of nitrogens with one attached hydrogen (secondary N) is 1. The molecule has 1 heterocycles. The van der Waals surface area contributed by atoms with Gasteiger partial charge in [0.15, 0.2) is 0 Å². The first-order valence-electron chi connectivity index (χ1n) is 9.91. The van der Waals surface area contributed by atoms with Crippen molar-refractivity contribution >= 4 is 23.2 Å². The number of carbonyl (C=O) groups excluding carboxylic acids is 2. The Morgan fingerprint density at radius 2 is 1.89 bits per heavy atom. The summed E-state index contributed by atoms with van der Waals surface area (Å²) >= 11 is 0. The van der Waals surface area contributed by atoms with Gasteiger partial charge in [-0.2, -0.15) is 0 Å². The van der Waals surface area contributed by atoms with Gasteiger partial charge in [0.25, 0.3) is 0 Å². The van der Waals surface area contributed by atoms with E-state index in [2.05, 4.69) is 34.5 Å². The van der Waals surface area contributed by atoms with E-state index in [0.717, 1.165) is 24.9 Å². The van der Waals surface area contributed by atoms with Crippen LogP contribution in [0, 0.1) is 0 Å². The number of hydrogen-bond acceptors (Lipinski definition) is 3. The second-order valence-corrected chi connectivity index (χ2v) is 8.28. The maximum atomic E-state index is 13.4. The standard InChI is InChI=1S/C23H27N3O2/c1-23(2)22(28)24-18-12-6-7-13-20(18)26(23)21(27)15-25(3)19-14-8-10-16-9-4-5-11-17(16)19/h4-7,9,11-13,19H,8,10,14-15H2,1-3H3,(H,24,28)/t19-/m1/s1. The average Bonchev–Trinajstić information content (AvgIpc) is 2.68. The zero-order valence-electron chi connectivity index (χ0n) is 16.7. The molecule has 28 heavy (non-hydrogen) atoms. The lowest BCUT2D eigenvalue weighted by atomic mass is 9.87. The van der Waals surface area contributed by atoms with Gasteiger partial charge in [0.1, 0.15) is 5.54 Å². The molecule has 1 aliphatic heterocycles. The molecule has 2 aliphatic rings. The summed E-state index contributed by atoms with van der Waals surface area (Å²) < 4.78 is 0. The molecule has 4 rings (SSSR count). The van der Waals surface area contributed by atoms with Crippen molar-refractivity contribution in [3.05, 3.63) is 59.7 Å². The number of aryl methyl sites for hydroxylation is 1. The molecule has 2 aromatic carbocycles. The summed E-state index contributed by atoms with van der Waals surface area (Å²) in [7, 11) is 2.01. The van der Waals surface area contributed by atoms with Gasteiger partial charge in [0.05, 0.1) is 17.9 Å². The number of para-hydroxylation sites is 2. The Hall–Kier alpha value is -2.66. The van der Waals surface area contributed by atoms with Crippen molar-refractivity contribution in [1.82, 2.24) is 4.90 Å². The van der Waals surface area contributed by atoms with E-state index in [9.17, 15) is 9.59 Å². The van der Waals surface area contributed by atoms with Gasteiger partial charge < -0.3 is 5.32 Å². The van der Waals surface area contributed by atoms with Gasteiger partial charge in [0, 0.05) is 6.04 Å². The topological polar surface area (TPSA) is 52.7 Å². The van der Waals surface area contributed by atoms with Crippen LogP contribution in [-0.4, -0.2) is 35.8 Å². The summed E-state index contributed by atoms with van der Waals surface area (Å²) in [6.45, 7) is 3.86. The number of likely N-dealkylation sites (N-methyl/N-ethyl adjacent to an activating group) is 1. The quantitative estimate of drug-likeness (QED) is 0.886. The number of anilines is 2. The minimum Gasteiger partial charge on any atom is -0.322 e. The molecule has 0 saturated carbocycles. The Kier molecular flexibility index (Phi) is 4.71. The molecule has 1 atom stereocenters. The number of benzene rings is 2. The molecule has 0 bridgehead atoms. The van der Waals surface area contributed by atoms with E-state index in [1.165, 1.54) is 11.1 Å². The van der Waals surface area contributed by atoms with Crippen LogP contribution in [0.3, 0.4) is 0 Å². The monoisotopic (exact) mass is 377 g/mol. The molecule has 2 aromatic rings. The fraction of sp³-hybridized carbons (Fsp3) is 0.391. The van der Waals surface area contributed by atoms with Crippen LogP contribution in [0.25, 0.3) is 0 Å². The van der Waals surface area contributed by atoms with Crippen LogP contribution in [0.1, 0.15) is 43.9 Å². The number of amides is 2. The van der Waals surface area contributed by atoms with E-state index >= 15 is 0 Å². The highest BCUT2D eigenvalue weighted by molar-refractivity contribution is 6.14. The summed E-state index contributed by atoms with van der Waals surface area (Å²) in [6, 6.07) is 16.2. The molecule has 146 valence electrons. The normalized spacial score (nSPS) is 20.4. The maximum Gasteiger partial charge on any atom is 0.250 e. The summed E-state index contributed by atoms with van der Waals surface area (Å²) in [5.41, 5.74) is 3.21. The lowest BCUT2D eigenvalue weighted by molar-refractivity contribution is -0.127. The summed E-state index contributed by atoms with van der Waals surface area (Å²) in [5.74, 6) is -0.219. The van der Waals surface area contributed by atoms with Crippen molar-refractivity contribution in [2.75, 3.05) is 23.8 Å². The third kappa shape index (κ3) is 3.10.